The molecular formula is C18H20N2O2. The SMILES string of the molecule is CCC1=CCC=C(NC(=O)Nc2ccc(C(C)=O)cc2)C=C1. The minimum absolute atomic E-state index is 0.00368. The van der Waals surface area contributed by atoms with Crippen LogP contribution in [0.5, 0.6) is 0 Å². The van der Waals surface area contributed by atoms with Crippen LogP contribution in [0.1, 0.15) is 37.0 Å². The summed E-state index contributed by atoms with van der Waals surface area (Å²) in [5.74, 6) is 0.00368. The number of amides is 2. The molecule has 0 saturated heterocycles. The highest BCUT2D eigenvalue weighted by molar-refractivity contribution is 5.95. The Bertz CT molecular complexity index is 652. The molecule has 0 aliphatic heterocycles. The summed E-state index contributed by atoms with van der Waals surface area (Å²) in [7, 11) is 0. The van der Waals surface area contributed by atoms with Crippen LogP contribution in [0.4, 0.5) is 10.5 Å². The maximum Gasteiger partial charge on any atom is 0.323 e. The van der Waals surface area contributed by atoms with E-state index in [-0.39, 0.29) is 11.8 Å². The molecule has 0 atom stereocenters. The lowest BCUT2D eigenvalue weighted by molar-refractivity contribution is 0.101. The van der Waals surface area contributed by atoms with E-state index in [2.05, 4.69) is 23.6 Å². The van der Waals surface area contributed by atoms with E-state index in [9.17, 15) is 9.59 Å². The Morgan fingerprint density at radius 1 is 1.05 bits per heavy atom. The highest BCUT2D eigenvalue weighted by Crippen LogP contribution is 2.13. The van der Waals surface area contributed by atoms with Gasteiger partial charge >= 0.3 is 6.03 Å². The number of nitrogens with one attached hydrogen (secondary N) is 2. The number of benzene rings is 1. The van der Waals surface area contributed by atoms with Crippen LogP contribution in [-0.4, -0.2) is 11.8 Å². The van der Waals surface area contributed by atoms with Crippen LogP contribution in [-0.2, 0) is 0 Å². The first kappa shape index (κ1) is 15.8. The lowest BCUT2D eigenvalue weighted by Crippen LogP contribution is -2.27. The Hall–Kier alpha value is -2.62. The van der Waals surface area contributed by atoms with Crippen molar-refractivity contribution >= 4 is 17.5 Å². The summed E-state index contributed by atoms with van der Waals surface area (Å²) in [6.07, 6.45) is 9.81. The molecule has 114 valence electrons. The van der Waals surface area contributed by atoms with Crippen molar-refractivity contribution in [2.45, 2.75) is 26.7 Å². The van der Waals surface area contributed by atoms with Gasteiger partial charge in [0.1, 0.15) is 0 Å². The van der Waals surface area contributed by atoms with E-state index in [4.69, 9.17) is 0 Å². The molecule has 0 unspecified atom stereocenters. The Morgan fingerprint density at radius 3 is 2.41 bits per heavy atom. The number of hydrogen-bond donors (Lipinski definition) is 2. The minimum Gasteiger partial charge on any atom is -0.308 e. The number of anilines is 1. The molecule has 4 nitrogen and oxygen atoms in total. The molecule has 1 aliphatic carbocycles. The standard InChI is InChI=1S/C18H20N2O2/c1-3-14-5-4-6-16(10-7-14)19-18(22)20-17-11-8-15(9-12-17)13(2)21/h5-12H,3-4H2,1-2H3,(H2,19,20,22). The molecule has 0 spiro atoms. The third-order valence-corrected chi connectivity index (χ3v) is 3.41. The largest absolute Gasteiger partial charge is 0.323 e. The first-order chi connectivity index (χ1) is 10.6. The van der Waals surface area contributed by atoms with Crippen LogP contribution in [0.3, 0.4) is 0 Å². The van der Waals surface area contributed by atoms with Gasteiger partial charge in [0.15, 0.2) is 5.78 Å². The second kappa shape index (κ2) is 7.41. The quantitative estimate of drug-likeness (QED) is 0.818. The average Bonchev–Trinajstić information content (AvgIpc) is 2.72. The second-order valence-electron chi connectivity index (χ2n) is 5.07. The fourth-order valence-electron chi connectivity index (χ4n) is 2.11. The summed E-state index contributed by atoms with van der Waals surface area (Å²) in [5.41, 5.74) is 3.30. The monoisotopic (exact) mass is 296 g/mol. The molecule has 0 fully saturated rings. The van der Waals surface area contributed by atoms with Crippen molar-refractivity contribution in [3.63, 3.8) is 0 Å². The number of allylic oxidation sites excluding steroid dienone is 5. The fraction of sp³-hybridized carbons (Fsp3) is 0.222. The van der Waals surface area contributed by atoms with E-state index in [0.717, 1.165) is 18.5 Å². The third-order valence-electron chi connectivity index (χ3n) is 3.41. The van der Waals surface area contributed by atoms with E-state index in [1.54, 1.807) is 24.3 Å². The Balaban J connectivity index is 1.93. The minimum atomic E-state index is -0.300. The lowest BCUT2D eigenvalue weighted by atomic mass is 10.1. The maximum atomic E-state index is 12.0. The molecule has 0 heterocycles. The highest BCUT2D eigenvalue weighted by Gasteiger charge is 2.05. The van der Waals surface area contributed by atoms with E-state index < -0.39 is 0 Å². The van der Waals surface area contributed by atoms with Gasteiger partial charge in [0, 0.05) is 16.9 Å². The van der Waals surface area contributed by atoms with Crippen LogP contribution in [0.15, 0.2) is 59.8 Å². The molecule has 1 aromatic carbocycles. The van der Waals surface area contributed by atoms with Crippen molar-refractivity contribution in [3.05, 3.63) is 65.4 Å². The second-order valence-corrected chi connectivity index (χ2v) is 5.07. The van der Waals surface area contributed by atoms with Crippen molar-refractivity contribution in [1.29, 1.82) is 0 Å². The van der Waals surface area contributed by atoms with E-state index in [1.165, 1.54) is 12.5 Å². The number of carbonyl (C=O) groups excluding carboxylic acids is 2. The first-order valence-electron chi connectivity index (χ1n) is 7.34. The molecular weight excluding hydrogens is 276 g/mol. The molecule has 0 bridgehead atoms. The van der Waals surface area contributed by atoms with Gasteiger partial charge in [-0.05, 0) is 50.1 Å². The third kappa shape index (κ3) is 4.45. The topological polar surface area (TPSA) is 58.2 Å². The average molecular weight is 296 g/mol. The van der Waals surface area contributed by atoms with Gasteiger partial charge in [-0.25, -0.2) is 4.79 Å². The Kier molecular flexibility index (Phi) is 5.31. The number of ketones is 1. The van der Waals surface area contributed by atoms with Crippen LogP contribution in [0.2, 0.25) is 0 Å². The van der Waals surface area contributed by atoms with Crippen molar-refractivity contribution in [2.24, 2.45) is 0 Å². The van der Waals surface area contributed by atoms with Gasteiger partial charge in [-0.3, -0.25) is 4.79 Å². The number of carbonyl (C=O) groups is 2. The van der Waals surface area contributed by atoms with Gasteiger partial charge in [-0.2, -0.15) is 0 Å². The Morgan fingerprint density at radius 2 is 1.77 bits per heavy atom. The summed E-state index contributed by atoms with van der Waals surface area (Å²) in [6.45, 7) is 3.62. The zero-order valence-electron chi connectivity index (χ0n) is 12.8. The number of rotatable bonds is 4. The first-order valence-corrected chi connectivity index (χ1v) is 7.34. The molecule has 2 N–H and O–H groups in total. The van der Waals surface area contributed by atoms with Gasteiger partial charge in [0.05, 0.1) is 0 Å². The van der Waals surface area contributed by atoms with Crippen LogP contribution >= 0.6 is 0 Å². The molecule has 1 aliphatic rings. The van der Waals surface area contributed by atoms with Gasteiger partial charge in [-0.1, -0.05) is 30.7 Å². The number of urea groups is 1. The molecule has 2 amide bonds. The van der Waals surface area contributed by atoms with Crippen molar-refractivity contribution < 1.29 is 9.59 Å². The molecule has 2 rings (SSSR count). The zero-order chi connectivity index (χ0) is 15.9. The fourth-order valence-corrected chi connectivity index (χ4v) is 2.11. The number of hydrogen-bond acceptors (Lipinski definition) is 2. The lowest BCUT2D eigenvalue weighted by Gasteiger charge is -2.08. The van der Waals surface area contributed by atoms with Gasteiger partial charge < -0.3 is 10.6 Å². The van der Waals surface area contributed by atoms with Gasteiger partial charge in [-0.15, -0.1) is 0 Å². The van der Waals surface area contributed by atoms with Crippen molar-refractivity contribution in [2.75, 3.05) is 5.32 Å². The smallest absolute Gasteiger partial charge is 0.308 e. The summed E-state index contributed by atoms with van der Waals surface area (Å²) in [4.78, 5) is 23.2. The summed E-state index contributed by atoms with van der Waals surface area (Å²) in [6, 6.07) is 6.52. The molecule has 4 heteroatoms. The summed E-state index contributed by atoms with van der Waals surface area (Å²) >= 11 is 0. The summed E-state index contributed by atoms with van der Waals surface area (Å²) in [5, 5.41) is 5.56. The molecule has 0 aromatic heterocycles. The van der Waals surface area contributed by atoms with Crippen molar-refractivity contribution in [3.8, 4) is 0 Å². The van der Waals surface area contributed by atoms with E-state index in [1.807, 2.05) is 18.2 Å². The predicted molar refractivity (Wildman–Crippen MR) is 88.8 cm³/mol. The zero-order valence-corrected chi connectivity index (χ0v) is 12.8. The van der Waals surface area contributed by atoms with E-state index in [0.29, 0.717) is 11.3 Å². The highest BCUT2D eigenvalue weighted by atomic mass is 16.2. The predicted octanol–water partition coefficient (Wildman–Crippen LogP) is 4.19. The Labute approximate surface area is 130 Å². The summed E-state index contributed by atoms with van der Waals surface area (Å²) < 4.78 is 0. The van der Waals surface area contributed by atoms with Crippen LogP contribution in [0.25, 0.3) is 0 Å². The number of Topliss-reactive ketones (excluding diaryl/α,β-unsaturated/α-hetero) is 1. The molecule has 22 heavy (non-hydrogen) atoms. The molecule has 0 saturated carbocycles. The normalized spacial score (nSPS) is 13.7. The molecule has 0 radical (unpaired) electrons. The van der Waals surface area contributed by atoms with Gasteiger partial charge in [0.2, 0.25) is 0 Å². The van der Waals surface area contributed by atoms with Crippen LogP contribution in [0, 0.1) is 0 Å². The van der Waals surface area contributed by atoms with Gasteiger partial charge in [0.25, 0.3) is 0 Å². The van der Waals surface area contributed by atoms with Crippen LogP contribution < -0.4 is 10.6 Å². The molecule has 1 aromatic rings. The van der Waals surface area contributed by atoms with Crippen molar-refractivity contribution in [1.82, 2.24) is 5.32 Å². The maximum absolute atomic E-state index is 12.0. The van der Waals surface area contributed by atoms with E-state index >= 15 is 0 Å².